The van der Waals surface area contributed by atoms with Gasteiger partial charge < -0.3 is 15.4 Å². The van der Waals surface area contributed by atoms with Gasteiger partial charge in [-0.1, -0.05) is 42.5 Å². The molecule has 1 saturated carbocycles. The van der Waals surface area contributed by atoms with Crippen molar-refractivity contribution in [3.8, 4) is 0 Å². The highest BCUT2D eigenvalue weighted by Crippen LogP contribution is 2.22. The van der Waals surface area contributed by atoms with Crippen LogP contribution in [0, 0.1) is 0 Å². The van der Waals surface area contributed by atoms with Gasteiger partial charge in [-0.25, -0.2) is 0 Å². The molecule has 136 valence electrons. The average Bonchev–Trinajstić information content (AvgIpc) is 2.61. The van der Waals surface area contributed by atoms with Crippen LogP contribution in [0.15, 0.2) is 18.2 Å². The van der Waals surface area contributed by atoms with Crippen LogP contribution in [0.2, 0.25) is 10.0 Å². The number of carbonyl (C=O) groups is 3. The zero-order chi connectivity index (χ0) is 18.2. The monoisotopic (exact) mass is 386 g/mol. The lowest BCUT2D eigenvalue weighted by molar-refractivity contribution is -0.147. The first kappa shape index (κ1) is 19.5. The lowest BCUT2D eigenvalue weighted by Gasteiger charge is -2.22. The van der Waals surface area contributed by atoms with Gasteiger partial charge in [0.2, 0.25) is 0 Å². The van der Waals surface area contributed by atoms with E-state index in [4.69, 9.17) is 27.9 Å². The van der Waals surface area contributed by atoms with E-state index in [-0.39, 0.29) is 35.7 Å². The van der Waals surface area contributed by atoms with E-state index < -0.39 is 11.9 Å². The van der Waals surface area contributed by atoms with Gasteiger partial charge in [0.25, 0.3) is 11.8 Å². The highest BCUT2D eigenvalue weighted by atomic mass is 35.5. The Kier molecular flexibility index (Phi) is 7.52. The van der Waals surface area contributed by atoms with Gasteiger partial charge in [-0.05, 0) is 31.0 Å². The quantitative estimate of drug-likeness (QED) is 0.736. The molecule has 0 heterocycles. The van der Waals surface area contributed by atoms with Crippen LogP contribution in [0.25, 0.3) is 0 Å². The highest BCUT2D eigenvalue weighted by Gasteiger charge is 2.17. The van der Waals surface area contributed by atoms with Crippen LogP contribution in [-0.2, 0) is 14.3 Å². The molecule has 2 amide bonds. The fourth-order valence-corrected chi connectivity index (χ4v) is 2.90. The summed E-state index contributed by atoms with van der Waals surface area (Å²) in [5, 5.41) is 5.83. The summed E-state index contributed by atoms with van der Waals surface area (Å²) in [5.74, 6) is -1.49. The number of benzene rings is 1. The van der Waals surface area contributed by atoms with Crippen LogP contribution in [0.3, 0.4) is 0 Å². The van der Waals surface area contributed by atoms with Gasteiger partial charge in [0.05, 0.1) is 10.0 Å². The summed E-state index contributed by atoms with van der Waals surface area (Å²) in [6, 6.07) is 4.55. The van der Waals surface area contributed by atoms with Crippen molar-refractivity contribution in [2.75, 3.05) is 13.2 Å². The Balaban J connectivity index is 1.68. The summed E-state index contributed by atoms with van der Waals surface area (Å²) in [7, 11) is 0. The Bertz CT molecular complexity index is 646. The Hall–Kier alpha value is -1.79. The standard InChI is InChI=1S/C17H20Cl2N2O4/c18-13-7-6-11(8-14(13)19)17(24)20-9-16(23)25-10-15(22)21-12-4-2-1-3-5-12/h6-8,12H,1-5,9-10H2,(H,20,24)(H,21,22). The summed E-state index contributed by atoms with van der Waals surface area (Å²) in [5.41, 5.74) is 0.275. The minimum absolute atomic E-state index is 0.161. The fourth-order valence-electron chi connectivity index (χ4n) is 2.61. The molecule has 1 aromatic carbocycles. The van der Waals surface area contributed by atoms with Gasteiger partial charge in [-0.2, -0.15) is 0 Å². The molecule has 2 N–H and O–H groups in total. The molecule has 1 aromatic rings. The van der Waals surface area contributed by atoms with E-state index in [0.717, 1.165) is 25.7 Å². The minimum atomic E-state index is -0.688. The van der Waals surface area contributed by atoms with E-state index >= 15 is 0 Å². The van der Waals surface area contributed by atoms with Crippen molar-refractivity contribution in [3.63, 3.8) is 0 Å². The van der Waals surface area contributed by atoms with Crippen LogP contribution in [0.1, 0.15) is 42.5 Å². The van der Waals surface area contributed by atoms with E-state index in [0.29, 0.717) is 5.02 Å². The van der Waals surface area contributed by atoms with Crippen molar-refractivity contribution in [1.82, 2.24) is 10.6 Å². The first-order valence-corrected chi connectivity index (χ1v) is 8.89. The van der Waals surface area contributed by atoms with E-state index in [1.165, 1.54) is 24.6 Å². The molecular formula is C17H20Cl2N2O4. The van der Waals surface area contributed by atoms with Gasteiger partial charge in [0, 0.05) is 11.6 Å². The van der Waals surface area contributed by atoms with Crippen LogP contribution in [-0.4, -0.2) is 37.0 Å². The molecule has 0 unspecified atom stereocenters. The second-order valence-corrected chi connectivity index (χ2v) is 6.69. The lowest BCUT2D eigenvalue weighted by Crippen LogP contribution is -2.39. The van der Waals surface area contributed by atoms with Crippen molar-refractivity contribution in [2.24, 2.45) is 0 Å². The summed E-state index contributed by atoms with van der Waals surface area (Å²) >= 11 is 11.6. The third-order valence-corrected chi connectivity index (χ3v) is 4.65. The molecule has 8 heteroatoms. The maximum Gasteiger partial charge on any atom is 0.325 e. The van der Waals surface area contributed by atoms with E-state index in [1.807, 2.05) is 0 Å². The third kappa shape index (κ3) is 6.55. The number of hydrogen-bond acceptors (Lipinski definition) is 4. The topological polar surface area (TPSA) is 84.5 Å². The Morgan fingerprint density at radius 2 is 1.80 bits per heavy atom. The van der Waals surface area contributed by atoms with E-state index in [2.05, 4.69) is 10.6 Å². The molecule has 2 rings (SSSR count). The summed E-state index contributed by atoms with van der Waals surface area (Å²) in [4.78, 5) is 35.3. The number of ether oxygens (including phenoxy) is 1. The van der Waals surface area contributed by atoms with Gasteiger partial charge in [-0.15, -0.1) is 0 Å². The molecule has 25 heavy (non-hydrogen) atoms. The molecule has 0 radical (unpaired) electrons. The second kappa shape index (κ2) is 9.63. The maximum absolute atomic E-state index is 11.9. The molecule has 1 fully saturated rings. The van der Waals surface area contributed by atoms with Crippen molar-refractivity contribution < 1.29 is 19.1 Å². The SMILES string of the molecule is O=C(COC(=O)CNC(=O)c1ccc(Cl)c(Cl)c1)NC1CCCCC1. The first-order chi connectivity index (χ1) is 12.0. The molecule has 0 aromatic heterocycles. The van der Waals surface area contributed by atoms with Crippen LogP contribution >= 0.6 is 23.2 Å². The third-order valence-electron chi connectivity index (χ3n) is 3.91. The van der Waals surface area contributed by atoms with Crippen molar-refractivity contribution in [2.45, 2.75) is 38.1 Å². The van der Waals surface area contributed by atoms with Crippen molar-refractivity contribution in [1.29, 1.82) is 0 Å². The van der Waals surface area contributed by atoms with Gasteiger partial charge >= 0.3 is 5.97 Å². The predicted octanol–water partition coefficient (Wildman–Crippen LogP) is 2.72. The molecule has 0 aliphatic heterocycles. The normalized spacial score (nSPS) is 14.6. The number of nitrogens with one attached hydrogen (secondary N) is 2. The summed E-state index contributed by atoms with van der Waals surface area (Å²) in [6.45, 7) is -0.687. The van der Waals surface area contributed by atoms with Crippen LogP contribution in [0.4, 0.5) is 0 Å². The van der Waals surface area contributed by atoms with Gasteiger partial charge in [0.1, 0.15) is 6.54 Å². The van der Waals surface area contributed by atoms with Crippen LogP contribution in [0.5, 0.6) is 0 Å². The minimum Gasteiger partial charge on any atom is -0.454 e. The molecule has 0 spiro atoms. The zero-order valence-electron chi connectivity index (χ0n) is 13.6. The van der Waals surface area contributed by atoms with E-state index in [9.17, 15) is 14.4 Å². The predicted molar refractivity (Wildman–Crippen MR) is 94.8 cm³/mol. The number of esters is 1. The summed E-state index contributed by atoms with van der Waals surface area (Å²) < 4.78 is 4.86. The Morgan fingerprint density at radius 1 is 1.08 bits per heavy atom. The molecule has 0 bridgehead atoms. The smallest absolute Gasteiger partial charge is 0.325 e. The maximum atomic E-state index is 11.9. The number of hydrogen-bond donors (Lipinski definition) is 2. The fraction of sp³-hybridized carbons (Fsp3) is 0.471. The van der Waals surface area contributed by atoms with Gasteiger partial charge in [0.15, 0.2) is 6.61 Å². The Labute approximate surface area is 156 Å². The summed E-state index contributed by atoms with van der Waals surface area (Å²) in [6.07, 6.45) is 5.32. The molecule has 1 aliphatic rings. The zero-order valence-corrected chi connectivity index (χ0v) is 15.2. The first-order valence-electron chi connectivity index (χ1n) is 8.14. The highest BCUT2D eigenvalue weighted by molar-refractivity contribution is 6.42. The second-order valence-electron chi connectivity index (χ2n) is 5.87. The Morgan fingerprint density at radius 3 is 2.48 bits per heavy atom. The number of amides is 2. The largest absolute Gasteiger partial charge is 0.454 e. The molecule has 6 nitrogen and oxygen atoms in total. The van der Waals surface area contributed by atoms with E-state index in [1.54, 1.807) is 0 Å². The molecule has 0 saturated heterocycles. The lowest BCUT2D eigenvalue weighted by atomic mass is 9.95. The number of halogens is 2. The molecular weight excluding hydrogens is 367 g/mol. The molecule has 0 atom stereocenters. The number of carbonyl (C=O) groups excluding carboxylic acids is 3. The average molecular weight is 387 g/mol. The number of rotatable bonds is 6. The van der Waals surface area contributed by atoms with Crippen molar-refractivity contribution in [3.05, 3.63) is 33.8 Å². The van der Waals surface area contributed by atoms with Gasteiger partial charge in [-0.3, -0.25) is 14.4 Å². The van der Waals surface area contributed by atoms with Crippen LogP contribution < -0.4 is 10.6 Å². The van der Waals surface area contributed by atoms with Crippen molar-refractivity contribution >= 4 is 41.0 Å². The molecule has 1 aliphatic carbocycles.